The van der Waals surface area contributed by atoms with Crippen LogP contribution in [-0.2, 0) is 6.42 Å². The molecule has 0 saturated carbocycles. The van der Waals surface area contributed by atoms with Crippen LogP contribution in [0, 0.1) is 0 Å². The summed E-state index contributed by atoms with van der Waals surface area (Å²) in [4.78, 5) is 10.2. The smallest absolute Gasteiger partial charge is 0.0979 e. The Balaban J connectivity index is 0.817. The fourth-order valence-electron chi connectivity index (χ4n) is 11.1. The van der Waals surface area contributed by atoms with Gasteiger partial charge >= 0.3 is 0 Å². The van der Waals surface area contributed by atoms with Gasteiger partial charge in [-0.2, -0.15) is 0 Å². The molecule has 2 aromatic heterocycles. The van der Waals surface area contributed by atoms with Crippen molar-refractivity contribution in [1.82, 2.24) is 14.5 Å². The van der Waals surface area contributed by atoms with Crippen molar-refractivity contribution in [1.29, 1.82) is 0 Å². The molecule has 11 aromatic carbocycles. The van der Waals surface area contributed by atoms with Gasteiger partial charge in [-0.25, -0.2) is 4.98 Å². The van der Waals surface area contributed by atoms with Crippen molar-refractivity contribution in [2.75, 3.05) is 0 Å². The molecule has 322 valence electrons. The minimum atomic E-state index is 0.865. The maximum Gasteiger partial charge on any atom is 0.0979 e. The van der Waals surface area contributed by atoms with E-state index in [9.17, 15) is 0 Å². The first-order valence-electron chi connectivity index (χ1n) is 23.9. The highest BCUT2D eigenvalue weighted by molar-refractivity contribution is 6.23. The van der Waals surface area contributed by atoms with Gasteiger partial charge in [0.15, 0.2) is 0 Å². The zero-order valence-corrected chi connectivity index (χ0v) is 37.8. The molecule has 0 atom stereocenters. The van der Waals surface area contributed by atoms with Crippen LogP contribution in [0.3, 0.4) is 0 Å². The second-order valence-corrected chi connectivity index (χ2v) is 18.4. The molecule has 3 nitrogen and oxygen atoms in total. The average molecular weight is 878 g/mol. The molecule has 13 aromatic rings. The van der Waals surface area contributed by atoms with E-state index in [1.54, 1.807) is 0 Å². The predicted molar refractivity (Wildman–Crippen MR) is 291 cm³/mol. The van der Waals surface area contributed by atoms with Gasteiger partial charge in [0.05, 0.1) is 34.0 Å². The van der Waals surface area contributed by atoms with Gasteiger partial charge in [0, 0.05) is 32.8 Å². The predicted octanol–water partition coefficient (Wildman–Crippen LogP) is 17.5. The number of allylic oxidation sites excluding steroid dienone is 1. The van der Waals surface area contributed by atoms with Crippen LogP contribution >= 0.6 is 0 Å². The van der Waals surface area contributed by atoms with Crippen molar-refractivity contribution in [2.45, 2.75) is 12.8 Å². The lowest BCUT2D eigenvalue weighted by atomic mass is 9.89. The van der Waals surface area contributed by atoms with Gasteiger partial charge in [-0.15, -0.1) is 0 Å². The van der Waals surface area contributed by atoms with Crippen molar-refractivity contribution in [2.24, 2.45) is 0 Å². The molecule has 0 N–H and O–H groups in total. The fourth-order valence-corrected chi connectivity index (χ4v) is 11.1. The van der Waals surface area contributed by atoms with Crippen molar-refractivity contribution >= 4 is 71.2 Å². The number of hydrogen-bond donors (Lipinski definition) is 0. The van der Waals surface area contributed by atoms with Crippen molar-refractivity contribution in [3.63, 3.8) is 0 Å². The second kappa shape index (κ2) is 15.9. The van der Waals surface area contributed by atoms with E-state index >= 15 is 0 Å². The summed E-state index contributed by atoms with van der Waals surface area (Å²) in [5.41, 5.74) is 19.8. The normalized spacial score (nSPS) is 12.5. The van der Waals surface area contributed by atoms with Gasteiger partial charge in [-0.1, -0.05) is 188 Å². The Morgan fingerprint density at radius 2 is 0.928 bits per heavy atom. The van der Waals surface area contributed by atoms with Gasteiger partial charge in [-0.05, 0) is 132 Å². The molecular formula is C66H43N3. The molecule has 0 aliphatic heterocycles. The zero-order valence-electron chi connectivity index (χ0n) is 37.8. The number of hydrogen-bond acceptors (Lipinski definition) is 2. The molecule has 0 radical (unpaired) electrons. The standard InChI is InChI=1S/C66H43N3/c1-3-18-52-44(12-1)14-10-24-54(52)49-32-36-63-60(39-49)61-40-50(55-25-11-15-45-13-2-4-19-53(45)55)33-37-64(61)69(63)51-34-30-43(31-35-51)48-17-9-16-47(38-48)42-26-28-46(29-27-42)62-41-67-65-58-22-7-5-20-56(58)57-21-6-8-23-59(57)66(65)68-62/h1-3,5-18,20-41H,4,19H2. The topological polar surface area (TPSA) is 30.7 Å². The van der Waals surface area contributed by atoms with E-state index in [2.05, 4.69) is 235 Å². The Bertz CT molecular complexity index is 4190. The minimum Gasteiger partial charge on any atom is -0.309 e. The molecule has 1 aliphatic carbocycles. The molecule has 69 heavy (non-hydrogen) atoms. The maximum atomic E-state index is 5.23. The average Bonchev–Trinajstić information content (AvgIpc) is 3.75. The number of rotatable bonds is 6. The number of fused-ring (bicyclic) bond motifs is 11. The summed E-state index contributed by atoms with van der Waals surface area (Å²) in [5, 5.41) is 9.67. The molecule has 0 unspecified atom stereocenters. The maximum absolute atomic E-state index is 5.23. The third kappa shape index (κ3) is 6.50. The van der Waals surface area contributed by atoms with E-state index < -0.39 is 0 Å². The summed E-state index contributed by atoms with van der Waals surface area (Å²) in [7, 11) is 0. The first kappa shape index (κ1) is 39.3. The first-order chi connectivity index (χ1) is 34.2. The molecule has 0 amide bonds. The largest absolute Gasteiger partial charge is 0.309 e. The Labute approximate surface area is 399 Å². The highest BCUT2D eigenvalue weighted by atomic mass is 15.0. The molecular weight excluding hydrogens is 835 g/mol. The van der Waals surface area contributed by atoms with Crippen molar-refractivity contribution < 1.29 is 0 Å². The van der Waals surface area contributed by atoms with Crippen LogP contribution in [0.4, 0.5) is 0 Å². The third-order valence-electron chi connectivity index (χ3n) is 14.5. The molecule has 0 fully saturated rings. The Kier molecular flexibility index (Phi) is 9.03. The van der Waals surface area contributed by atoms with Crippen LogP contribution in [0.2, 0.25) is 0 Å². The summed E-state index contributed by atoms with van der Waals surface area (Å²) in [5.74, 6) is 0. The Morgan fingerprint density at radius 3 is 1.65 bits per heavy atom. The monoisotopic (exact) mass is 877 g/mol. The summed E-state index contributed by atoms with van der Waals surface area (Å²) in [6, 6.07) is 79.9. The molecule has 14 rings (SSSR count). The highest BCUT2D eigenvalue weighted by Crippen LogP contribution is 2.41. The van der Waals surface area contributed by atoms with E-state index in [0.29, 0.717) is 0 Å². The Hall–Kier alpha value is -8.92. The van der Waals surface area contributed by atoms with E-state index in [1.165, 1.54) is 93.4 Å². The SMILES string of the molecule is C1=Cc2cccc(-c3ccc4c(c3)c3cc(-c5cccc6ccccc56)ccc3n4-c3ccc(-c4cccc(-c5ccc(-c6cnc7c8ccccc8c8ccccc8c7n6)cc5)c4)cc3)c2CC1. The lowest BCUT2D eigenvalue weighted by molar-refractivity contribution is 0.988. The van der Waals surface area contributed by atoms with Gasteiger partial charge < -0.3 is 4.57 Å². The molecule has 0 spiro atoms. The fraction of sp³-hybridized carbons (Fsp3) is 0.0303. The number of benzene rings is 11. The molecule has 2 heterocycles. The van der Waals surface area contributed by atoms with E-state index in [-0.39, 0.29) is 0 Å². The van der Waals surface area contributed by atoms with Gasteiger partial charge in [0.1, 0.15) is 0 Å². The van der Waals surface area contributed by atoms with Crippen LogP contribution in [0.15, 0.2) is 231 Å². The van der Waals surface area contributed by atoms with Gasteiger partial charge in [0.2, 0.25) is 0 Å². The van der Waals surface area contributed by atoms with Crippen molar-refractivity contribution in [3.05, 3.63) is 242 Å². The van der Waals surface area contributed by atoms with E-state index in [4.69, 9.17) is 9.97 Å². The second-order valence-electron chi connectivity index (χ2n) is 18.4. The lowest BCUT2D eigenvalue weighted by Gasteiger charge is -2.16. The van der Waals surface area contributed by atoms with E-state index in [1.807, 2.05) is 6.20 Å². The van der Waals surface area contributed by atoms with Crippen LogP contribution in [0.5, 0.6) is 0 Å². The van der Waals surface area contributed by atoms with E-state index in [0.717, 1.165) is 57.2 Å². The van der Waals surface area contributed by atoms with Crippen LogP contribution in [-0.4, -0.2) is 14.5 Å². The van der Waals surface area contributed by atoms with Crippen LogP contribution < -0.4 is 0 Å². The van der Waals surface area contributed by atoms with Crippen LogP contribution in [0.1, 0.15) is 17.5 Å². The molecule has 1 aliphatic rings. The molecule has 0 saturated heterocycles. The molecule has 0 bridgehead atoms. The number of nitrogens with zero attached hydrogens (tertiary/aromatic N) is 3. The Morgan fingerprint density at radius 1 is 0.377 bits per heavy atom. The zero-order chi connectivity index (χ0) is 45.4. The summed E-state index contributed by atoms with van der Waals surface area (Å²) in [6.45, 7) is 0. The quantitative estimate of drug-likeness (QED) is 0.156. The summed E-state index contributed by atoms with van der Waals surface area (Å²) in [6.07, 6.45) is 8.63. The number of aromatic nitrogens is 3. The minimum absolute atomic E-state index is 0.865. The van der Waals surface area contributed by atoms with Gasteiger partial charge in [-0.3, -0.25) is 4.98 Å². The highest BCUT2D eigenvalue weighted by Gasteiger charge is 2.18. The van der Waals surface area contributed by atoms with Gasteiger partial charge in [0.25, 0.3) is 0 Å². The third-order valence-corrected chi connectivity index (χ3v) is 14.5. The summed E-state index contributed by atoms with van der Waals surface area (Å²) >= 11 is 0. The molecule has 3 heteroatoms. The van der Waals surface area contributed by atoms with Crippen LogP contribution in [0.25, 0.3) is 133 Å². The summed E-state index contributed by atoms with van der Waals surface area (Å²) < 4.78 is 2.44. The lowest BCUT2D eigenvalue weighted by Crippen LogP contribution is -1.97. The van der Waals surface area contributed by atoms with Crippen molar-refractivity contribution in [3.8, 4) is 61.5 Å². The first-order valence-corrected chi connectivity index (χ1v) is 23.9.